The van der Waals surface area contributed by atoms with Crippen LogP contribution in [-0.4, -0.2) is 49.5 Å². The number of hydrogen-bond donors (Lipinski definition) is 1. The number of rotatable bonds is 12. The van der Waals surface area contributed by atoms with Crippen molar-refractivity contribution in [3.05, 3.63) is 139 Å². The number of ether oxygens (including phenoxy) is 6. The highest BCUT2D eigenvalue weighted by Crippen LogP contribution is 2.33. The van der Waals surface area contributed by atoms with Crippen LogP contribution in [0.2, 0.25) is 0 Å². The largest absolute Gasteiger partial charge is 0.497 e. The van der Waals surface area contributed by atoms with Crippen molar-refractivity contribution >= 4 is 10.8 Å². The van der Waals surface area contributed by atoms with Crippen LogP contribution in [0.4, 0.5) is 0 Å². The molecule has 7 heteroatoms. The summed E-state index contributed by atoms with van der Waals surface area (Å²) >= 11 is 0. The van der Waals surface area contributed by atoms with Crippen LogP contribution in [0.3, 0.4) is 0 Å². The lowest BCUT2D eigenvalue weighted by Crippen LogP contribution is -2.63. The van der Waals surface area contributed by atoms with E-state index in [9.17, 15) is 5.11 Å². The molecule has 5 atom stereocenters. The standard InChI is InChI=1S/C37H36O7/c1-39-30-18-20-31(21-19-30)43-37-36(41-25-27-12-6-3-7-13-27)35(40-24-26-10-4-2-5-11-26)34(33(23-38)44-37)42-32-17-16-28-14-8-9-15-29(28)22-32/h2-22,33-38H,23-25H2,1H3/t33-,34-,35+,36-,37-/m1/s1. The molecule has 0 aromatic heterocycles. The molecule has 0 radical (unpaired) electrons. The third kappa shape index (κ3) is 7.21. The highest BCUT2D eigenvalue weighted by molar-refractivity contribution is 5.83. The first-order valence-corrected chi connectivity index (χ1v) is 14.7. The van der Waals surface area contributed by atoms with E-state index in [-0.39, 0.29) is 6.61 Å². The zero-order valence-corrected chi connectivity index (χ0v) is 24.5. The van der Waals surface area contributed by atoms with E-state index in [4.69, 9.17) is 28.4 Å². The highest BCUT2D eigenvalue weighted by atomic mass is 16.7. The second-order valence-electron chi connectivity index (χ2n) is 10.6. The van der Waals surface area contributed by atoms with E-state index < -0.39 is 30.7 Å². The molecule has 226 valence electrons. The average Bonchev–Trinajstić information content (AvgIpc) is 3.08. The topological polar surface area (TPSA) is 75.6 Å². The molecule has 1 heterocycles. The van der Waals surface area contributed by atoms with Gasteiger partial charge in [0.2, 0.25) is 6.29 Å². The molecule has 5 aromatic carbocycles. The maximum absolute atomic E-state index is 10.6. The van der Waals surface area contributed by atoms with Gasteiger partial charge in [-0.1, -0.05) is 91.0 Å². The fraction of sp³-hybridized carbons (Fsp3) is 0.243. The van der Waals surface area contributed by atoms with Gasteiger partial charge in [-0.05, 0) is 58.3 Å². The molecule has 6 rings (SSSR count). The fourth-order valence-electron chi connectivity index (χ4n) is 5.35. The van der Waals surface area contributed by atoms with Crippen molar-refractivity contribution in [1.29, 1.82) is 0 Å². The Kier molecular flexibility index (Phi) is 9.70. The Labute approximate surface area is 257 Å². The molecule has 1 aliphatic rings. The highest BCUT2D eigenvalue weighted by Gasteiger charge is 2.50. The van der Waals surface area contributed by atoms with E-state index in [1.54, 1.807) is 7.11 Å². The SMILES string of the molecule is COc1ccc(O[C@@H]2O[C@H](CO)[C@@H](Oc3ccc4ccccc4c3)[C@H](OCc3ccccc3)[C@H]2OCc2ccccc2)cc1. The molecule has 0 spiro atoms. The Hall–Kier alpha value is -4.40. The van der Waals surface area contributed by atoms with Crippen molar-refractivity contribution in [3.63, 3.8) is 0 Å². The zero-order chi connectivity index (χ0) is 30.1. The van der Waals surface area contributed by atoms with Crippen LogP contribution in [0.5, 0.6) is 17.2 Å². The molecular formula is C37H36O7. The molecule has 5 aromatic rings. The Bertz CT molecular complexity index is 1590. The number of hydrogen-bond acceptors (Lipinski definition) is 7. The van der Waals surface area contributed by atoms with Crippen molar-refractivity contribution in [2.45, 2.75) is 43.9 Å². The predicted molar refractivity (Wildman–Crippen MR) is 168 cm³/mol. The molecule has 0 amide bonds. The van der Waals surface area contributed by atoms with Crippen molar-refractivity contribution in [1.82, 2.24) is 0 Å². The van der Waals surface area contributed by atoms with Crippen LogP contribution in [0.15, 0.2) is 127 Å². The molecule has 0 aliphatic carbocycles. The van der Waals surface area contributed by atoms with Gasteiger partial charge in [0.1, 0.15) is 35.6 Å². The lowest BCUT2D eigenvalue weighted by atomic mass is 9.97. The number of aliphatic hydroxyl groups excluding tert-OH is 1. The van der Waals surface area contributed by atoms with Crippen LogP contribution in [-0.2, 0) is 27.4 Å². The first-order chi connectivity index (χ1) is 21.7. The number of benzene rings is 5. The molecule has 0 unspecified atom stereocenters. The van der Waals surface area contributed by atoms with Crippen LogP contribution in [0.25, 0.3) is 10.8 Å². The minimum absolute atomic E-state index is 0.301. The Morgan fingerprint density at radius 1 is 0.568 bits per heavy atom. The van der Waals surface area contributed by atoms with Crippen molar-refractivity contribution < 1.29 is 33.5 Å². The zero-order valence-electron chi connectivity index (χ0n) is 24.5. The summed E-state index contributed by atoms with van der Waals surface area (Å²) in [4.78, 5) is 0. The minimum Gasteiger partial charge on any atom is -0.497 e. The second-order valence-corrected chi connectivity index (χ2v) is 10.6. The average molecular weight is 593 g/mol. The first kappa shape index (κ1) is 29.7. The summed E-state index contributed by atoms with van der Waals surface area (Å²) in [6.07, 6.45) is -3.75. The van der Waals surface area contributed by atoms with E-state index in [1.165, 1.54) is 0 Å². The summed E-state index contributed by atoms with van der Waals surface area (Å²) in [5.41, 5.74) is 1.99. The maximum Gasteiger partial charge on any atom is 0.229 e. The van der Waals surface area contributed by atoms with Gasteiger partial charge < -0.3 is 33.5 Å². The van der Waals surface area contributed by atoms with Crippen LogP contribution in [0, 0.1) is 0 Å². The third-order valence-electron chi connectivity index (χ3n) is 7.65. The molecule has 1 saturated heterocycles. The summed E-state index contributed by atoms with van der Waals surface area (Å²) < 4.78 is 37.9. The van der Waals surface area contributed by atoms with E-state index >= 15 is 0 Å². The monoisotopic (exact) mass is 592 g/mol. The van der Waals surface area contributed by atoms with Crippen molar-refractivity contribution in [2.75, 3.05) is 13.7 Å². The maximum atomic E-state index is 10.6. The molecule has 0 saturated carbocycles. The van der Waals surface area contributed by atoms with Gasteiger partial charge in [0.05, 0.1) is 26.9 Å². The van der Waals surface area contributed by atoms with Crippen molar-refractivity contribution in [2.24, 2.45) is 0 Å². The summed E-state index contributed by atoms with van der Waals surface area (Å²) in [5.74, 6) is 1.91. The quantitative estimate of drug-likeness (QED) is 0.176. The number of fused-ring (bicyclic) bond motifs is 1. The lowest BCUT2D eigenvalue weighted by molar-refractivity contribution is -0.295. The second kappa shape index (κ2) is 14.4. The molecule has 0 bridgehead atoms. The van der Waals surface area contributed by atoms with Crippen LogP contribution in [0.1, 0.15) is 11.1 Å². The van der Waals surface area contributed by atoms with Gasteiger partial charge in [-0.25, -0.2) is 0 Å². The predicted octanol–water partition coefficient (Wildman–Crippen LogP) is 6.56. The summed E-state index contributed by atoms with van der Waals surface area (Å²) in [6, 6.07) is 41.1. The van der Waals surface area contributed by atoms with E-state index in [0.717, 1.165) is 21.9 Å². The summed E-state index contributed by atoms with van der Waals surface area (Å²) in [7, 11) is 1.61. The van der Waals surface area contributed by atoms with E-state index in [1.807, 2.05) is 121 Å². The lowest BCUT2D eigenvalue weighted by Gasteiger charge is -2.45. The van der Waals surface area contributed by atoms with Gasteiger partial charge in [-0.3, -0.25) is 0 Å². The van der Waals surface area contributed by atoms with E-state index in [0.29, 0.717) is 30.5 Å². The summed E-state index contributed by atoms with van der Waals surface area (Å²) in [6.45, 7) is 0.300. The minimum atomic E-state index is -0.901. The Balaban J connectivity index is 1.34. The van der Waals surface area contributed by atoms with Crippen LogP contribution < -0.4 is 14.2 Å². The number of methoxy groups -OCH3 is 1. The van der Waals surface area contributed by atoms with Gasteiger partial charge in [-0.15, -0.1) is 0 Å². The molecule has 1 fully saturated rings. The fourth-order valence-corrected chi connectivity index (χ4v) is 5.35. The third-order valence-corrected chi connectivity index (χ3v) is 7.65. The smallest absolute Gasteiger partial charge is 0.229 e. The van der Waals surface area contributed by atoms with Gasteiger partial charge >= 0.3 is 0 Å². The normalized spacial score (nSPS) is 21.5. The Morgan fingerprint density at radius 3 is 1.77 bits per heavy atom. The number of aliphatic hydroxyl groups is 1. The van der Waals surface area contributed by atoms with Crippen LogP contribution >= 0.6 is 0 Å². The molecule has 1 N–H and O–H groups in total. The van der Waals surface area contributed by atoms with Gasteiger partial charge in [0.25, 0.3) is 0 Å². The molecular weight excluding hydrogens is 556 g/mol. The van der Waals surface area contributed by atoms with E-state index in [2.05, 4.69) is 6.07 Å². The van der Waals surface area contributed by atoms with Gasteiger partial charge in [-0.2, -0.15) is 0 Å². The van der Waals surface area contributed by atoms with Crippen molar-refractivity contribution in [3.8, 4) is 17.2 Å². The first-order valence-electron chi connectivity index (χ1n) is 14.7. The Morgan fingerprint density at radius 2 is 1.14 bits per heavy atom. The van der Waals surface area contributed by atoms with Gasteiger partial charge in [0.15, 0.2) is 6.10 Å². The molecule has 1 aliphatic heterocycles. The molecule has 44 heavy (non-hydrogen) atoms. The van der Waals surface area contributed by atoms with Gasteiger partial charge in [0, 0.05) is 0 Å². The molecule has 7 nitrogen and oxygen atoms in total. The summed E-state index contributed by atoms with van der Waals surface area (Å²) in [5, 5.41) is 12.7.